The molecule has 2 aromatic heterocycles. The molecule has 0 aliphatic heterocycles. The molecular formula is C18H15N5O2. The lowest BCUT2D eigenvalue weighted by atomic mass is 10.1. The zero-order chi connectivity index (χ0) is 17.4. The summed E-state index contributed by atoms with van der Waals surface area (Å²) in [6.07, 6.45) is 1.61. The van der Waals surface area contributed by atoms with Crippen LogP contribution in [0.25, 0.3) is 16.7 Å². The molecule has 0 atom stereocenters. The number of hydrogen-bond acceptors (Lipinski definition) is 6. The van der Waals surface area contributed by atoms with Crippen molar-refractivity contribution in [1.82, 2.24) is 19.6 Å². The fourth-order valence-electron chi connectivity index (χ4n) is 2.83. The maximum atomic E-state index is 11.9. The minimum absolute atomic E-state index is 0.390. The van der Waals surface area contributed by atoms with Crippen molar-refractivity contribution in [1.29, 1.82) is 0 Å². The van der Waals surface area contributed by atoms with E-state index in [0.29, 0.717) is 17.2 Å². The second-order valence-corrected chi connectivity index (χ2v) is 5.55. The van der Waals surface area contributed by atoms with E-state index in [1.807, 2.05) is 48.3 Å². The van der Waals surface area contributed by atoms with Crippen molar-refractivity contribution in [3.63, 3.8) is 0 Å². The highest BCUT2D eigenvalue weighted by molar-refractivity contribution is 5.99. The van der Waals surface area contributed by atoms with E-state index < -0.39 is 0 Å². The van der Waals surface area contributed by atoms with E-state index in [-0.39, 0.29) is 5.97 Å². The highest BCUT2D eigenvalue weighted by Gasteiger charge is 2.16. The zero-order valence-electron chi connectivity index (χ0n) is 13.7. The number of ether oxygens (including phenoxy) is 1. The van der Waals surface area contributed by atoms with Crippen LogP contribution in [0, 0.1) is 0 Å². The number of fused-ring (bicyclic) bond motifs is 3. The Kier molecular flexibility index (Phi) is 3.53. The summed E-state index contributed by atoms with van der Waals surface area (Å²) in [4.78, 5) is 18.5. The zero-order valence-corrected chi connectivity index (χ0v) is 13.7. The molecule has 4 aromatic rings. The van der Waals surface area contributed by atoms with Crippen LogP contribution in [0.3, 0.4) is 0 Å². The van der Waals surface area contributed by atoms with E-state index in [9.17, 15) is 4.79 Å². The fraction of sp³-hybridized carbons (Fsp3) is 0.111. The monoisotopic (exact) mass is 333 g/mol. The second-order valence-electron chi connectivity index (χ2n) is 5.55. The second kappa shape index (κ2) is 5.86. The summed E-state index contributed by atoms with van der Waals surface area (Å²) in [6, 6.07) is 15.2. The van der Waals surface area contributed by atoms with Crippen molar-refractivity contribution in [2.75, 3.05) is 19.1 Å². The summed E-state index contributed by atoms with van der Waals surface area (Å²) in [5.74, 6) is 0.794. The average Bonchev–Trinajstić information content (AvgIpc) is 3.15. The maximum absolute atomic E-state index is 11.9. The Bertz CT molecular complexity index is 1070. The molecule has 7 nitrogen and oxygen atoms in total. The number of anilines is 2. The largest absolute Gasteiger partial charge is 0.465 e. The van der Waals surface area contributed by atoms with Gasteiger partial charge in [-0.2, -0.15) is 4.98 Å². The molecule has 124 valence electrons. The van der Waals surface area contributed by atoms with Crippen LogP contribution in [0.4, 0.5) is 11.5 Å². The van der Waals surface area contributed by atoms with Gasteiger partial charge in [0.05, 0.1) is 18.2 Å². The van der Waals surface area contributed by atoms with Gasteiger partial charge in [0.1, 0.15) is 12.1 Å². The molecule has 0 N–H and O–H groups in total. The molecule has 0 saturated heterocycles. The van der Waals surface area contributed by atoms with Crippen LogP contribution in [-0.4, -0.2) is 39.7 Å². The third-order valence-corrected chi connectivity index (χ3v) is 4.11. The Morgan fingerprint density at radius 3 is 2.72 bits per heavy atom. The van der Waals surface area contributed by atoms with Gasteiger partial charge in [-0.3, -0.25) is 4.40 Å². The maximum Gasteiger partial charge on any atom is 0.337 e. The number of methoxy groups -OCH3 is 1. The number of benzene rings is 2. The van der Waals surface area contributed by atoms with Gasteiger partial charge in [0.15, 0.2) is 0 Å². The lowest BCUT2D eigenvalue weighted by Gasteiger charge is -2.20. The van der Waals surface area contributed by atoms with Crippen molar-refractivity contribution in [3.8, 4) is 0 Å². The standard InChI is InChI=1S/C18H15N5O2/c1-22(13-6-4-3-5-7-13)16-14-10-12(17(24)25-2)8-9-15(14)23-11-19-21-18(23)20-16/h3-11H,1-2H3. The summed E-state index contributed by atoms with van der Waals surface area (Å²) in [6.45, 7) is 0. The van der Waals surface area contributed by atoms with Crippen molar-refractivity contribution in [2.24, 2.45) is 0 Å². The Balaban J connectivity index is 2.01. The van der Waals surface area contributed by atoms with E-state index >= 15 is 0 Å². The van der Waals surface area contributed by atoms with Crippen LogP contribution in [-0.2, 0) is 4.74 Å². The number of esters is 1. The summed E-state index contributed by atoms with van der Waals surface area (Å²) in [7, 11) is 3.29. The number of para-hydroxylation sites is 1. The lowest BCUT2D eigenvalue weighted by molar-refractivity contribution is 0.0601. The molecule has 0 aliphatic carbocycles. The number of hydrogen-bond donors (Lipinski definition) is 0. The summed E-state index contributed by atoms with van der Waals surface area (Å²) >= 11 is 0. The van der Waals surface area contributed by atoms with E-state index in [2.05, 4.69) is 15.2 Å². The summed E-state index contributed by atoms with van der Waals surface area (Å²) in [5.41, 5.74) is 2.30. The van der Waals surface area contributed by atoms with Crippen LogP contribution in [0.5, 0.6) is 0 Å². The molecule has 0 bridgehead atoms. The number of aromatic nitrogens is 4. The third-order valence-electron chi connectivity index (χ3n) is 4.11. The molecule has 0 saturated carbocycles. The molecule has 0 spiro atoms. The predicted octanol–water partition coefficient (Wildman–Crippen LogP) is 2.83. The van der Waals surface area contributed by atoms with Crippen LogP contribution in [0.1, 0.15) is 10.4 Å². The van der Waals surface area contributed by atoms with Gasteiger partial charge in [0.25, 0.3) is 5.78 Å². The van der Waals surface area contributed by atoms with Crippen LogP contribution in [0.2, 0.25) is 0 Å². The SMILES string of the molecule is COC(=O)c1ccc2c(c1)c(N(C)c1ccccc1)nc1nncn12. The van der Waals surface area contributed by atoms with Gasteiger partial charge in [-0.1, -0.05) is 18.2 Å². The minimum Gasteiger partial charge on any atom is -0.465 e. The first-order chi connectivity index (χ1) is 12.2. The van der Waals surface area contributed by atoms with E-state index in [1.54, 1.807) is 22.9 Å². The van der Waals surface area contributed by atoms with Gasteiger partial charge in [-0.05, 0) is 30.3 Å². The van der Waals surface area contributed by atoms with E-state index in [0.717, 1.165) is 16.6 Å². The summed E-state index contributed by atoms with van der Waals surface area (Å²) in [5, 5.41) is 8.81. The first-order valence-electron chi connectivity index (χ1n) is 7.69. The third kappa shape index (κ3) is 2.46. The predicted molar refractivity (Wildman–Crippen MR) is 94.1 cm³/mol. The Morgan fingerprint density at radius 1 is 1.16 bits per heavy atom. The van der Waals surface area contributed by atoms with Gasteiger partial charge in [-0.25, -0.2) is 4.79 Å². The molecule has 0 amide bonds. The number of rotatable bonds is 3. The quantitative estimate of drug-likeness (QED) is 0.537. The molecule has 7 heteroatoms. The van der Waals surface area contributed by atoms with E-state index in [1.165, 1.54) is 7.11 Å². The van der Waals surface area contributed by atoms with Crippen LogP contribution < -0.4 is 4.90 Å². The Labute approximate surface area is 143 Å². The number of nitrogens with zero attached hydrogens (tertiary/aromatic N) is 5. The van der Waals surface area contributed by atoms with Gasteiger partial charge in [-0.15, -0.1) is 10.2 Å². The highest BCUT2D eigenvalue weighted by Crippen LogP contribution is 2.30. The van der Waals surface area contributed by atoms with Crippen molar-refractivity contribution in [3.05, 3.63) is 60.4 Å². The normalized spacial score (nSPS) is 11.0. The number of carbonyl (C=O) groups excluding carboxylic acids is 1. The first kappa shape index (κ1) is 15.1. The smallest absolute Gasteiger partial charge is 0.337 e. The van der Waals surface area contributed by atoms with Crippen LogP contribution in [0.15, 0.2) is 54.9 Å². The average molecular weight is 333 g/mol. The highest BCUT2D eigenvalue weighted by atomic mass is 16.5. The van der Waals surface area contributed by atoms with E-state index in [4.69, 9.17) is 4.74 Å². The molecule has 0 aliphatic rings. The van der Waals surface area contributed by atoms with Crippen molar-refractivity contribution >= 4 is 34.2 Å². The van der Waals surface area contributed by atoms with Crippen molar-refractivity contribution < 1.29 is 9.53 Å². The van der Waals surface area contributed by atoms with Crippen LogP contribution >= 0.6 is 0 Å². The lowest BCUT2D eigenvalue weighted by Crippen LogP contribution is -2.13. The van der Waals surface area contributed by atoms with Gasteiger partial charge in [0, 0.05) is 18.1 Å². The molecule has 25 heavy (non-hydrogen) atoms. The number of carbonyl (C=O) groups is 1. The van der Waals surface area contributed by atoms with Gasteiger partial charge < -0.3 is 9.64 Å². The first-order valence-corrected chi connectivity index (χ1v) is 7.69. The molecular weight excluding hydrogens is 318 g/mol. The molecule has 0 unspecified atom stereocenters. The minimum atomic E-state index is -0.390. The fourth-order valence-corrected chi connectivity index (χ4v) is 2.83. The summed E-state index contributed by atoms with van der Waals surface area (Å²) < 4.78 is 6.63. The Morgan fingerprint density at radius 2 is 1.96 bits per heavy atom. The molecule has 2 aromatic carbocycles. The van der Waals surface area contributed by atoms with Crippen molar-refractivity contribution in [2.45, 2.75) is 0 Å². The topological polar surface area (TPSA) is 72.6 Å². The Hall–Kier alpha value is -3.48. The molecule has 4 rings (SSSR count). The van der Waals surface area contributed by atoms with Gasteiger partial charge >= 0.3 is 5.97 Å². The molecule has 0 fully saturated rings. The molecule has 0 radical (unpaired) electrons. The molecule has 2 heterocycles. The van der Waals surface area contributed by atoms with Gasteiger partial charge in [0.2, 0.25) is 0 Å².